The maximum Gasteiger partial charge on any atom is 0.416 e. The summed E-state index contributed by atoms with van der Waals surface area (Å²) in [7, 11) is 1.24. The predicted octanol–water partition coefficient (Wildman–Crippen LogP) is 4.42. The summed E-state index contributed by atoms with van der Waals surface area (Å²) in [6.45, 7) is 0. The molecule has 6 heteroatoms. The van der Waals surface area contributed by atoms with Crippen LogP contribution in [0.3, 0.4) is 0 Å². The first kappa shape index (κ1) is 16.9. The second kappa shape index (κ2) is 7.17. The van der Waals surface area contributed by atoms with E-state index in [0.29, 0.717) is 11.3 Å². The molecule has 0 aliphatic rings. The lowest BCUT2D eigenvalue weighted by Crippen LogP contribution is -2.17. The van der Waals surface area contributed by atoms with Crippen LogP contribution in [0.4, 0.5) is 18.9 Å². The SMILES string of the molecule is COC(=O)CC(Nc1ccccc1)c1cccc(C(F)(F)F)c1. The Labute approximate surface area is 132 Å². The number of nitrogens with one attached hydrogen (secondary N) is 1. The van der Waals surface area contributed by atoms with Crippen LogP contribution in [0.2, 0.25) is 0 Å². The van der Waals surface area contributed by atoms with Crippen molar-refractivity contribution in [2.75, 3.05) is 12.4 Å². The Balaban J connectivity index is 2.31. The first-order chi connectivity index (χ1) is 10.9. The summed E-state index contributed by atoms with van der Waals surface area (Å²) < 4.78 is 43.3. The molecule has 1 atom stereocenters. The standard InChI is InChI=1S/C17H16F3NO2/c1-23-16(22)11-15(21-14-8-3-2-4-9-14)12-6-5-7-13(10-12)17(18,19)20/h2-10,15,21H,11H2,1H3. The molecule has 0 saturated heterocycles. The van der Waals surface area contributed by atoms with Crippen molar-refractivity contribution >= 4 is 11.7 Å². The molecule has 0 bridgehead atoms. The van der Waals surface area contributed by atoms with Gasteiger partial charge in [0.05, 0.1) is 25.1 Å². The van der Waals surface area contributed by atoms with E-state index >= 15 is 0 Å². The minimum absolute atomic E-state index is 0.0767. The number of halogens is 3. The van der Waals surface area contributed by atoms with Crippen molar-refractivity contribution in [3.05, 3.63) is 65.7 Å². The lowest BCUT2D eigenvalue weighted by molar-refractivity contribution is -0.140. The van der Waals surface area contributed by atoms with Crippen LogP contribution in [-0.2, 0) is 15.7 Å². The highest BCUT2D eigenvalue weighted by Gasteiger charge is 2.31. The predicted molar refractivity (Wildman–Crippen MR) is 80.9 cm³/mol. The number of hydrogen-bond donors (Lipinski definition) is 1. The Morgan fingerprint density at radius 2 is 1.83 bits per heavy atom. The molecule has 3 nitrogen and oxygen atoms in total. The molecule has 0 saturated carbocycles. The Hall–Kier alpha value is -2.50. The Morgan fingerprint density at radius 1 is 1.13 bits per heavy atom. The number of anilines is 1. The van der Waals surface area contributed by atoms with Crippen LogP contribution in [0.25, 0.3) is 0 Å². The van der Waals surface area contributed by atoms with Crippen LogP contribution < -0.4 is 5.32 Å². The quantitative estimate of drug-likeness (QED) is 0.828. The van der Waals surface area contributed by atoms with E-state index in [2.05, 4.69) is 10.1 Å². The summed E-state index contributed by atoms with van der Waals surface area (Å²) in [5, 5.41) is 3.07. The van der Waals surface area contributed by atoms with Gasteiger partial charge in [-0.3, -0.25) is 4.79 Å². The number of ether oxygens (including phenoxy) is 1. The van der Waals surface area contributed by atoms with Gasteiger partial charge in [0.1, 0.15) is 0 Å². The number of esters is 1. The molecule has 1 N–H and O–H groups in total. The number of carbonyl (C=O) groups excluding carboxylic acids is 1. The fourth-order valence-corrected chi connectivity index (χ4v) is 2.17. The molecule has 0 aliphatic heterocycles. The number of alkyl halides is 3. The monoisotopic (exact) mass is 323 g/mol. The zero-order valence-corrected chi connectivity index (χ0v) is 12.4. The van der Waals surface area contributed by atoms with Gasteiger partial charge in [0.2, 0.25) is 0 Å². The summed E-state index contributed by atoms with van der Waals surface area (Å²) >= 11 is 0. The molecule has 2 rings (SSSR count). The highest BCUT2D eigenvalue weighted by Crippen LogP contribution is 2.32. The largest absolute Gasteiger partial charge is 0.469 e. The van der Waals surface area contributed by atoms with Crippen molar-refractivity contribution in [2.24, 2.45) is 0 Å². The van der Waals surface area contributed by atoms with Gasteiger partial charge in [-0.15, -0.1) is 0 Å². The highest BCUT2D eigenvalue weighted by molar-refractivity contribution is 5.71. The zero-order chi connectivity index (χ0) is 16.9. The molecule has 23 heavy (non-hydrogen) atoms. The third-order valence-electron chi connectivity index (χ3n) is 3.33. The van der Waals surface area contributed by atoms with E-state index in [1.54, 1.807) is 30.3 Å². The molecular formula is C17H16F3NO2. The molecule has 0 heterocycles. The molecule has 0 spiro atoms. The lowest BCUT2D eigenvalue weighted by Gasteiger charge is -2.20. The molecule has 0 amide bonds. The molecule has 2 aromatic carbocycles. The van der Waals surface area contributed by atoms with E-state index in [0.717, 1.165) is 12.1 Å². The first-order valence-corrected chi connectivity index (χ1v) is 6.95. The molecule has 122 valence electrons. The minimum atomic E-state index is -4.43. The molecule has 0 aromatic heterocycles. The first-order valence-electron chi connectivity index (χ1n) is 6.95. The van der Waals surface area contributed by atoms with Crippen molar-refractivity contribution in [1.29, 1.82) is 0 Å². The van der Waals surface area contributed by atoms with Crippen molar-refractivity contribution in [3.8, 4) is 0 Å². The van der Waals surface area contributed by atoms with Crippen molar-refractivity contribution < 1.29 is 22.7 Å². The topological polar surface area (TPSA) is 38.3 Å². The molecule has 0 aliphatic carbocycles. The number of benzene rings is 2. The summed E-state index contributed by atoms with van der Waals surface area (Å²) in [5.74, 6) is -0.504. The number of hydrogen-bond acceptors (Lipinski definition) is 3. The van der Waals surface area contributed by atoms with E-state index in [1.807, 2.05) is 6.07 Å². The Bertz CT molecular complexity index is 656. The average Bonchev–Trinajstić information content (AvgIpc) is 2.54. The zero-order valence-electron chi connectivity index (χ0n) is 12.4. The number of para-hydroxylation sites is 1. The highest BCUT2D eigenvalue weighted by atomic mass is 19.4. The molecule has 0 radical (unpaired) electrons. The molecule has 1 unspecified atom stereocenters. The van der Waals surface area contributed by atoms with Gasteiger partial charge >= 0.3 is 12.1 Å². The third-order valence-corrected chi connectivity index (χ3v) is 3.33. The van der Waals surface area contributed by atoms with E-state index in [1.165, 1.54) is 13.2 Å². The van der Waals surface area contributed by atoms with E-state index in [4.69, 9.17) is 0 Å². The van der Waals surface area contributed by atoms with E-state index in [-0.39, 0.29) is 6.42 Å². The van der Waals surface area contributed by atoms with Gasteiger partial charge in [0, 0.05) is 5.69 Å². The van der Waals surface area contributed by atoms with Crippen LogP contribution >= 0.6 is 0 Å². The number of rotatable bonds is 5. The molecular weight excluding hydrogens is 307 g/mol. The van der Waals surface area contributed by atoms with Gasteiger partial charge in [-0.1, -0.05) is 30.3 Å². The number of methoxy groups -OCH3 is 1. The minimum Gasteiger partial charge on any atom is -0.469 e. The fourth-order valence-electron chi connectivity index (χ4n) is 2.17. The van der Waals surface area contributed by atoms with Crippen LogP contribution in [-0.4, -0.2) is 13.1 Å². The van der Waals surface area contributed by atoms with Gasteiger partial charge in [-0.2, -0.15) is 13.2 Å². The van der Waals surface area contributed by atoms with Gasteiger partial charge < -0.3 is 10.1 Å². The van der Waals surface area contributed by atoms with Crippen molar-refractivity contribution in [2.45, 2.75) is 18.6 Å². The molecule has 2 aromatic rings. The van der Waals surface area contributed by atoms with E-state index < -0.39 is 23.8 Å². The summed E-state index contributed by atoms with van der Waals surface area (Å²) in [4.78, 5) is 11.6. The number of carbonyl (C=O) groups is 1. The molecule has 0 fully saturated rings. The van der Waals surface area contributed by atoms with Crippen LogP contribution in [0.5, 0.6) is 0 Å². The van der Waals surface area contributed by atoms with Gasteiger partial charge in [-0.05, 0) is 29.8 Å². The average molecular weight is 323 g/mol. The maximum absolute atomic E-state index is 12.9. The van der Waals surface area contributed by atoms with Crippen LogP contribution in [0.1, 0.15) is 23.6 Å². The summed E-state index contributed by atoms with van der Waals surface area (Å²) in [5.41, 5.74) is 0.327. The summed E-state index contributed by atoms with van der Waals surface area (Å²) in [6, 6.07) is 13.3. The Kier molecular flexibility index (Phi) is 5.26. The smallest absolute Gasteiger partial charge is 0.416 e. The van der Waals surface area contributed by atoms with Crippen molar-refractivity contribution in [1.82, 2.24) is 0 Å². The fraction of sp³-hybridized carbons (Fsp3) is 0.235. The second-order valence-electron chi connectivity index (χ2n) is 4.97. The van der Waals surface area contributed by atoms with Crippen molar-refractivity contribution in [3.63, 3.8) is 0 Å². The summed E-state index contributed by atoms with van der Waals surface area (Å²) in [6.07, 6.45) is -4.51. The van der Waals surface area contributed by atoms with Gasteiger partial charge in [-0.25, -0.2) is 0 Å². The second-order valence-corrected chi connectivity index (χ2v) is 4.97. The van der Waals surface area contributed by atoms with Gasteiger partial charge in [0.15, 0.2) is 0 Å². The van der Waals surface area contributed by atoms with E-state index in [9.17, 15) is 18.0 Å². The Morgan fingerprint density at radius 3 is 2.43 bits per heavy atom. The van der Waals surface area contributed by atoms with Crippen LogP contribution in [0, 0.1) is 0 Å². The van der Waals surface area contributed by atoms with Gasteiger partial charge in [0.25, 0.3) is 0 Å². The van der Waals surface area contributed by atoms with Crippen LogP contribution in [0.15, 0.2) is 54.6 Å². The lowest BCUT2D eigenvalue weighted by atomic mass is 10.0. The maximum atomic E-state index is 12.9. The normalized spacial score (nSPS) is 12.5. The third kappa shape index (κ3) is 4.74.